The summed E-state index contributed by atoms with van der Waals surface area (Å²) in [7, 11) is 0. The molecule has 0 aliphatic heterocycles. The van der Waals surface area contributed by atoms with E-state index in [0.717, 1.165) is 18.3 Å². The summed E-state index contributed by atoms with van der Waals surface area (Å²) in [6.07, 6.45) is -2.22. The van der Waals surface area contributed by atoms with Gasteiger partial charge in [-0.1, -0.05) is 0 Å². The predicted octanol–water partition coefficient (Wildman–Crippen LogP) is 2.76. The molecular formula is C13H11F3N4O. The fourth-order valence-electron chi connectivity index (χ4n) is 1.60. The Kier molecular flexibility index (Phi) is 3.88. The second-order valence-corrected chi connectivity index (χ2v) is 4.30. The number of hydrogen-bond donors (Lipinski definition) is 1. The summed E-state index contributed by atoms with van der Waals surface area (Å²) >= 11 is 0. The first-order valence-corrected chi connectivity index (χ1v) is 5.92. The van der Waals surface area contributed by atoms with Gasteiger partial charge in [-0.25, -0.2) is 9.97 Å². The Labute approximate surface area is 118 Å². The molecule has 21 heavy (non-hydrogen) atoms. The van der Waals surface area contributed by atoms with Gasteiger partial charge in [-0.2, -0.15) is 13.2 Å². The third kappa shape index (κ3) is 3.53. The van der Waals surface area contributed by atoms with Crippen molar-refractivity contribution in [3.63, 3.8) is 0 Å². The quantitative estimate of drug-likeness (QED) is 0.925. The predicted molar refractivity (Wildman–Crippen MR) is 68.7 cm³/mol. The molecule has 2 aromatic rings. The summed E-state index contributed by atoms with van der Waals surface area (Å²) in [4.78, 5) is 23.2. The standard InChI is InChI=1S/C13H11F3N4O/c1-7-10(6-17-8(2)19-7)20-12(21)9-3-4-11(18-5-9)13(14,15)16/h3-6H,1-2H3,(H,20,21). The number of amides is 1. The lowest BCUT2D eigenvalue weighted by molar-refractivity contribution is -0.141. The first kappa shape index (κ1) is 14.9. The first-order valence-electron chi connectivity index (χ1n) is 5.92. The summed E-state index contributed by atoms with van der Waals surface area (Å²) in [6, 6.07) is 1.82. The van der Waals surface area contributed by atoms with E-state index in [-0.39, 0.29) is 5.56 Å². The van der Waals surface area contributed by atoms with Crippen LogP contribution in [0, 0.1) is 13.8 Å². The van der Waals surface area contributed by atoms with Crippen LogP contribution in [0.5, 0.6) is 0 Å². The molecular weight excluding hydrogens is 285 g/mol. The van der Waals surface area contributed by atoms with Crippen LogP contribution in [0.25, 0.3) is 0 Å². The van der Waals surface area contributed by atoms with Crippen LogP contribution < -0.4 is 5.32 Å². The van der Waals surface area contributed by atoms with Crippen molar-refractivity contribution in [1.82, 2.24) is 15.0 Å². The minimum Gasteiger partial charge on any atom is -0.319 e. The van der Waals surface area contributed by atoms with Crippen molar-refractivity contribution < 1.29 is 18.0 Å². The maximum absolute atomic E-state index is 12.4. The monoisotopic (exact) mass is 296 g/mol. The molecule has 0 saturated carbocycles. The van der Waals surface area contributed by atoms with Crippen LogP contribution in [0.2, 0.25) is 0 Å². The summed E-state index contributed by atoms with van der Waals surface area (Å²) in [6.45, 7) is 3.40. The highest BCUT2D eigenvalue weighted by Crippen LogP contribution is 2.27. The van der Waals surface area contributed by atoms with E-state index >= 15 is 0 Å². The van der Waals surface area contributed by atoms with E-state index < -0.39 is 17.8 Å². The van der Waals surface area contributed by atoms with Gasteiger partial charge in [-0.15, -0.1) is 0 Å². The van der Waals surface area contributed by atoms with Crippen molar-refractivity contribution in [2.75, 3.05) is 5.32 Å². The van der Waals surface area contributed by atoms with Gasteiger partial charge in [0.15, 0.2) is 0 Å². The van der Waals surface area contributed by atoms with Crippen LogP contribution in [0.3, 0.4) is 0 Å². The fraction of sp³-hybridized carbons (Fsp3) is 0.231. The summed E-state index contributed by atoms with van der Waals surface area (Å²) in [5.74, 6) is -0.0199. The molecule has 0 unspecified atom stereocenters. The second-order valence-electron chi connectivity index (χ2n) is 4.30. The van der Waals surface area contributed by atoms with Crippen LogP contribution >= 0.6 is 0 Å². The highest BCUT2D eigenvalue weighted by atomic mass is 19.4. The zero-order valence-corrected chi connectivity index (χ0v) is 11.2. The minimum atomic E-state index is -4.53. The number of hydrogen-bond acceptors (Lipinski definition) is 4. The van der Waals surface area contributed by atoms with Crippen molar-refractivity contribution in [2.24, 2.45) is 0 Å². The Hall–Kier alpha value is -2.51. The third-order valence-electron chi connectivity index (χ3n) is 2.66. The largest absolute Gasteiger partial charge is 0.433 e. The number of nitrogens with one attached hydrogen (secondary N) is 1. The number of aryl methyl sites for hydroxylation is 2. The van der Waals surface area contributed by atoms with Gasteiger partial charge in [0.25, 0.3) is 5.91 Å². The molecule has 1 amide bonds. The SMILES string of the molecule is Cc1ncc(NC(=O)c2ccc(C(F)(F)F)nc2)c(C)n1. The smallest absolute Gasteiger partial charge is 0.319 e. The Morgan fingerprint density at radius 2 is 1.86 bits per heavy atom. The van der Waals surface area contributed by atoms with Gasteiger partial charge >= 0.3 is 6.18 Å². The molecule has 0 saturated heterocycles. The molecule has 0 radical (unpaired) electrons. The molecule has 5 nitrogen and oxygen atoms in total. The van der Waals surface area contributed by atoms with Gasteiger partial charge in [0.2, 0.25) is 0 Å². The maximum Gasteiger partial charge on any atom is 0.433 e. The van der Waals surface area contributed by atoms with E-state index in [1.54, 1.807) is 13.8 Å². The topological polar surface area (TPSA) is 67.8 Å². The highest BCUT2D eigenvalue weighted by molar-refractivity contribution is 6.04. The molecule has 2 aromatic heterocycles. The number of halogens is 3. The van der Waals surface area contributed by atoms with Crippen LogP contribution in [-0.2, 0) is 6.18 Å². The van der Waals surface area contributed by atoms with Gasteiger partial charge in [0.1, 0.15) is 11.5 Å². The van der Waals surface area contributed by atoms with Crippen molar-refractivity contribution in [3.05, 3.63) is 47.3 Å². The van der Waals surface area contributed by atoms with Crippen molar-refractivity contribution >= 4 is 11.6 Å². The van der Waals surface area contributed by atoms with Crippen LogP contribution in [0.4, 0.5) is 18.9 Å². The Balaban J connectivity index is 2.17. The van der Waals surface area contributed by atoms with E-state index in [0.29, 0.717) is 17.2 Å². The number of pyridine rings is 1. The number of carbonyl (C=O) groups is 1. The molecule has 2 rings (SSSR count). The van der Waals surface area contributed by atoms with E-state index in [2.05, 4.69) is 20.3 Å². The lowest BCUT2D eigenvalue weighted by Crippen LogP contribution is -2.15. The number of rotatable bonds is 2. The van der Waals surface area contributed by atoms with Gasteiger partial charge in [0.05, 0.1) is 23.1 Å². The van der Waals surface area contributed by atoms with Gasteiger partial charge in [-0.05, 0) is 26.0 Å². The molecule has 0 aromatic carbocycles. The lowest BCUT2D eigenvalue weighted by atomic mass is 10.2. The molecule has 0 atom stereocenters. The lowest BCUT2D eigenvalue weighted by Gasteiger charge is -2.09. The first-order chi connectivity index (χ1) is 9.77. The number of alkyl halides is 3. The minimum absolute atomic E-state index is 0.0166. The molecule has 0 aliphatic rings. The normalized spacial score (nSPS) is 11.3. The zero-order chi connectivity index (χ0) is 15.6. The summed E-state index contributed by atoms with van der Waals surface area (Å²) in [5, 5.41) is 2.53. The fourth-order valence-corrected chi connectivity index (χ4v) is 1.60. The molecule has 0 aliphatic carbocycles. The van der Waals surface area contributed by atoms with E-state index in [4.69, 9.17) is 0 Å². The van der Waals surface area contributed by atoms with E-state index in [9.17, 15) is 18.0 Å². The molecule has 0 spiro atoms. The molecule has 1 N–H and O–H groups in total. The van der Waals surface area contributed by atoms with Crippen molar-refractivity contribution in [2.45, 2.75) is 20.0 Å². The molecule has 8 heteroatoms. The van der Waals surface area contributed by atoms with Crippen LogP contribution in [0.1, 0.15) is 27.6 Å². The Bertz CT molecular complexity index is 668. The molecule has 2 heterocycles. The van der Waals surface area contributed by atoms with Crippen molar-refractivity contribution in [3.8, 4) is 0 Å². The highest BCUT2D eigenvalue weighted by Gasteiger charge is 2.32. The van der Waals surface area contributed by atoms with Gasteiger partial charge in [0, 0.05) is 6.20 Å². The van der Waals surface area contributed by atoms with Crippen molar-refractivity contribution in [1.29, 1.82) is 0 Å². The maximum atomic E-state index is 12.4. The summed E-state index contributed by atoms with van der Waals surface area (Å²) in [5.41, 5.74) is -0.0712. The van der Waals surface area contributed by atoms with Gasteiger partial charge in [-0.3, -0.25) is 9.78 Å². The zero-order valence-electron chi connectivity index (χ0n) is 11.2. The molecule has 110 valence electrons. The Morgan fingerprint density at radius 3 is 2.38 bits per heavy atom. The number of carbonyl (C=O) groups excluding carboxylic acids is 1. The molecule has 0 bridgehead atoms. The molecule has 0 fully saturated rings. The number of nitrogens with zero attached hydrogens (tertiary/aromatic N) is 3. The van der Waals surface area contributed by atoms with E-state index in [1.165, 1.54) is 6.20 Å². The second kappa shape index (κ2) is 5.47. The van der Waals surface area contributed by atoms with E-state index in [1.807, 2.05) is 0 Å². The number of anilines is 1. The Morgan fingerprint density at radius 1 is 1.14 bits per heavy atom. The van der Waals surface area contributed by atoms with Crippen LogP contribution in [-0.4, -0.2) is 20.9 Å². The average Bonchev–Trinajstić information content (AvgIpc) is 2.41. The van der Waals surface area contributed by atoms with Crippen LogP contribution in [0.15, 0.2) is 24.5 Å². The average molecular weight is 296 g/mol. The third-order valence-corrected chi connectivity index (χ3v) is 2.66. The van der Waals surface area contributed by atoms with Gasteiger partial charge < -0.3 is 5.32 Å². The summed E-state index contributed by atoms with van der Waals surface area (Å²) < 4.78 is 37.1. The number of aromatic nitrogens is 3.